The summed E-state index contributed by atoms with van der Waals surface area (Å²) in [5, 5.41) is 9.73. The number of rotatable bonds is 5. The minimum Gasteiger partial charge on any atom is -0.491 e. The maximum Gasteiger partial charge on any atom is 0.254 e. The molecule has 1 aromatic heterocycles. The molecule has 0 unspecified atom stereocenters. The minimum absolute atomic E-state index is 0.300. The number of nitrogens with zero attached hydrogens (tertiary/aromatic N) is 2. The van der Waals surface area contributed by atoms with E-state index >= 15 is 0 Å². The van der Waals surface area contributed by atoms with Gasteiger partial charge in [0.25, 0.3) is 5.91 Å². The number of fused-ring (bicyclic) bond motifs is 1. The Balaban J connectivity index is 1.57. The molecule has 0 saturated heterocycles. The average Bonchev–Trinajstić information content (AvgIpc) is 3.41. The number of hydrogen-bond acceptors (Lipinski definition) is 7. The van der Waals surface area contributed by atoms with Crippen LogP contribution in [-0.4, -0.2) is 35.1 Å². The third-order valence-electron chi connectivity index (χ3n) is 4.10. The lowest BCUT2D eigenvalue weighted by atomic mass is 10.2. The van der Waals surface area contributed by atoms with E-state index < -0.39 is 5.91 Å². The first-order valence-corrected chi connectivity index (χ1v) is 8.40. The van der Waals surface area contributed by atoms with Crippen LogP contribution < -0.4 is 26.4 Å². The molecule has 8 heteroatoms. The van der Waals surface area contributed by atoms with Crippen molar-refractivity contribution in [3.63, 3.8) is 0 Å². The number of aromatic nitrogens is 2. The van der Waals surface area contributed by atoms with E-state index in [0.29, 0.717) is 30.0 Å². The number of carbonyl (C=O) groups is 1. The van der Waals surface area contributed by atoms with Crippen molar-refractivity contribution >= 4 is 29.0 Å². The standard InChI is InChI=1S/C17H20N6O2/c18-15(24)12-9-20-17(23-16(12)21-10-2-3-10)22-11-4-5-14-13(8-11)19-6-1-7-25-14/h4-5,8-10,19H,1-3,6-7H2,(H2,18,24)(H2,20,21,22,23). The molecule has 2 heterocycles. The third-order valence-corrected chi connectivity index (χ3v) is 4.10. The Hall–Kier alpha value is -3.03. The normalized spacial score (nSPS) is 16.0. The second kappa shape index (κ2) is 6.46. The van der Waals surface area contributed by atoms with Crippen molar-refractivity contribution in [1.82, 2.24) is 9.97 Å². The van der Waals surface area contributed by atoms with Gasteiger partial charge in [0, 0.05) is 24.5 Å². The molecule has 0 radical (unpaired) electrons. The Morgan fingerprint density at radius 2 is 2.24 bits per heavy atom. The number of primary amides is 1. The van der Waals surface area contributed by atoms with Gasteiger partial charge in [-0.1, -0.05) is 0 Å². The summed E-state index contributed by atoms with van der Waals surface area (Å²) in [5.74, 6) is 1.18. The lowest BCUT2D eigenvalue weighted by Crippen LogP contribution is -2.17. The molecule has 1 aromatic carbocycles. The molecule has 8 nitrogen and oxygen atoms in total. The van der Waals surface area contributed by atoms with Crippen molar-refractivity contribution < 1.29 is 9.53 Å². The summed E-state index contributed by atoms with van der Waals surface area (Å²) < 4.78 is 5.68. The first kappa shape index (κ1) is 15.5. The van der Waals surface area contributed by atoms with Gasteiger partial charge < -0.3 is 26.4 Å². The smallest absolute Gasteiger partial charge is 0.254 e. The lowest BCUT2D eigenvalue weighted by Gasteiger charge is -2.13. The average molecular weight is 340 g/mol. The van der Waals surface area contributed by atoms with Crippen LogP contribution in [-0.2, 0) is 0 Å². The molecule has 25 heavy (non-hydrogen) atoms. The fourth-order valence-electron chi connectivity index (χ4n) is 2.63. The predicted octanol–water partition coefficient (Wildman–Crippen LogP) is 2.09. The van der Waals surface area contributed by atoms with Crippen LogP contribution in [0.1, 0.15) is 29.6 Å². The monoisotopic (exact) mass is 340 g/mol. The second-order valence-electron chi connectivity index (χ2n) is 6.20. The highest BCUT2D eigenvalue weighted by atomic mass is 16.5. The van der Waals surface area contributed by atoms with E-state index in [4.69, 9.17) is 10.5 Å². The first-order chi connectivity index (χ1) is 12.2. The quantitative estimate of drug-likeness (QED) is 0.659. The van der Waals surface area contributed by atoms with Gasteiger partial charge in [-0.25, -0.2) is 4.98 Å². The largest absolute Gasteiger partial charge is 0.491 e. The van der Waals surface area contributed by atoms with Crippen LogP contribution in [0, 0.1) is 0 Å². The molecule has 1 aliphatic heterocycles. The molecule has 0 spiro atoms. The zero-order valence-electron chi connectivity index (χ0n) is 13.7. The molecule has 0 atom stereocenters. The number of nitrogens with one attached hydrogen (secondary N) is 3. The fourth-order valence-corrected chi connectivity index (χ4v) is 2.63. The third kappa shape index (κ3) is 3.57. The molecule has 1 aliphatic carbocycles. The Bertz CT molecular complexity index is 806. The van der Waals surface area contributed by atoms with E-state index in [0.717, 1.165) is 42.9 Å². The maximum absolute atomic E-state index is 11.5. The zero-order valence-corrected chi connectivity index (χ0v) is 13.7. The summed E-state index contributed by atoms with van der Waals surface area (Å²) in [6.45, 7) is 1.58. The van der Waals surface area contributed by atoms with Crippen LogP contribution in [0.3, 0.4) is 0 Å². The van der Waals surface area contributed by atoms with Gasteiger partial charge in [0.05, 0.1) is 17.9 Å². The summed E-state index contributed by atoms with van der Waals surface area (Å²) in [7, 11) is 0. The van der Waals surface area contributed by atoms with Gasteiger partial charge in [0.2, 0.25) is 5.95 Å². The van der Waals surface area contributed by atoms with Crippen LogP contribution in [0.4, 0.5) is 23.1 Å². The van der Waals surface area contributed by atoms with Gasteiger partial charge in [0.1, 0.15) is 11.6 Å². The summed E-state index contributed by atoms with van der Waals surface area (Å²) in [5.41, 5.74) is 7.48. The van der Waals surface area contributed by atoms with E-state index in [2.05, 4.69) is 25.9 Å². The lowest BCUT2D eigenvalue weighted by molar-refractivity contribution is 0.100. The summed E-state index contributed by atoms with van der Waals surface area (Å²) >= 11 is 0. The van der Waals surface area contributed by atoms with Crippen molar-refractivity contribution in [3.05, 3.63) is 30.0 Å². The highest BCUT2D eigenvalue weighted by molar-refractivity contribution is 5.97. The Morgan fingerprint density at radius 1 is 1.36 bits per heavy atom. The SMILES string of the molecule is NC(=O)c1cnc(Nc2ccc3c(c2)NCCCO3)nc1NC1CC1. The van der Waals surface area contributed by atoms with Gasteiger partial charge in [-0.2, -0.15) is 4.98 Å². The number of benzene rings is 1. The molecule has 0 bridgehead atoms. The number of nitrogens with two attached hydrogens (primary N) is 1. The van der Waals surface area contributed by atoms with Crippen molar-refractivity contribution in [3.8, 4) is 5.75 Å². The van der Waals surface area contributed by atoms with Crippen molar-refractivity contribution in [2.24, 2.45) is 5.73 Å². The molecular weight excluding hydrogens is 320 g/mol. The zero-order chi connectivity index (χ0) is 17.2. The van der Waals surface area contributed by atoms with Crippen molar-refractivity contribution in [2.45, 2.75) is 25.3 Å². The van der Waals surface area contributed by atoms with Gasteiger partial charge in [-0.3, -0.25) is 4.79 Å². The molecule has 1 saturated carbocycles. The highest BCUT2D eigenvalue weighted by Crippen LogP contribution is 2.31. The number of hydrogen-bond donors (Lipinski definition) is 4. The molecule has 1 amide bonds. The maximum atomic E-state index is 11.5. The summed E-state index contributed by atoms with van der Waals surface area (Å²) in [6.07, 6.45) is 4.56. The van der Waals surface area contributed by atoms with E-state index in [1.165, 1.54) is 6.20 Å². The van der Waals surface area contributed by atoms with E-state index in [1.807, 2.05) is 18.2 Å². The topological polar surface area (TPSA) is 114 Å². The van der Waals surface area contributed by atoms with Gasteiger partial charge >= 0.3 is 0 Å². The Labute approximate surface area is 145 Å². The van der Waals surface area contributed by atoms with Crippen LogP contribution in [0.15, 0.2) is 24.4 Å². The highest BCUT2D eigenvalue weighted by Gasteiger charge is 2.24. The van der Waals surface area contributed by atoms with Crippen LogP contribution in [0.2, 0.25) is 0 Å². The number of ether oxygens (including phenoxy) is 1. The minimum atomic E-state index is -0.541. The van der Waals surface area contributed by atoms with Crippen LogP contribution >= 0.6 is 0 Å². The first-order valence-electron chi connectivity index (χ1n) is 8.40. The van der Waals surface area contributed by atoms with E-state index in [-0.39, 0.29) is 0 Å². The van der Waals surface area contributed by atoms with Crippen LogP contribution in [0.5, 0.6) is 5.75 Å². The Kier molecular flexibility index (Phi) is 4.01. The Morgan fingerprint density at radius 3 is 3.04 bits per heavy atom. The van der Waals surface area contributed by atoms with Crippen molar-refractivity contribution in [2.75, 3.05) is 29.1 Å². The molecule has 2 aliphatic rings. The number of carbonyl (C=O) groups excluding carboxylic acids is 1. The molecule has 4 rings (SSSR count). The molecular formula is C17H20N6O2. The van der Waals surface area contributed by atoms with Gasteiger partial charge in [-0.15, -0.1) is 0 Å². The van der Waals surface area contributed by atoms with Gasteiger partial charge in [-0.05, 0) is 37.5 Å². The molecule has 5 N–H and O–H groups in total. The molecule has 130 valence electrons. The second-order valence-corrected chi connectivity index (χ2v) is 6.20. The van der Waals surface area contributed by atoms with E-state index in [9.17, 15) is 4.79 Å². The van der Waals surface area contributed by atoms with Gasteiger partial charge in [0.15, 0.2) is 0 Å². The predicted molar refractivity (Wildman–Crippen MR) is 95.5 cm³/mol. The molecule has 2 aromatic rings. The van der Waals surface area contributed by atoms with E-state index in [1.54, 1.807) is 0 Å². The van der Waals surface area contributed by atoms with Crippen molar-refractivity contribution in [1.29, 1.82) is 0 Å². The number of anilines is 4. The number of amides is 1. The summed E-state index contributed by atoms with van der Waals surface area (Å²) in [6, 6.07) is 6.14. The summed E-state index contributed by atoms with van der Waals surface area (Å²) in [4.78, 5) is 20.2. The molecule has 1 fully saturated rings. The van der Waals surface area contributed by atoms with Crippen LogP contribution in [0.25, 0.3) is 0 Å². The fraction of sp³-hybridized carbons (Fsp3) is 0.353.